The second-order valence-electron chi connectivity index (χ2n) is 4.81. The topological polar surface area (TPSA) is 54.0 Å². The normalized spacial score (nSPS) is 10.5. The molecule has 1 aromatic carbocycles. The van der Waals surface area contributed by atoms with Crippen molar-refractivity contribution >= 4 is 40.5 Å². The van der Waals surface area contributed by atoms with Crippen molar-refractivity contribution in [1.29, 1.82) is 0 Å². The predicted molar refractivity (Wildman–Crippen MR) is 86.6 cm³/mol. The Hall–Kier alpha value is -1.78. The van der Waals surface area contributed by atoms with Crippen LogP contribution in [0.3, 0.4) is 0 Å². The number of benzene rings is 1. The number of carbonyl (C=O) groups is 1. The first kappa shape index (κ1) is 15.6. The van der Waals surface area contributed by atoms with E-state index in [1.807, 2.05) is 13.8 Å². The Balaban J connectivity index is 2.19. The molecule has 6 heteroatoms. The fourth-order valence-electron chi connectivity index (χ4n) is 1.71. The zero-order chi connectivity index (χ0) is 15.4. The van der Waals surface area contributed by atoms with Gasteiger partial charge in [-0.15, -0.1) is 0 Å². The molecule has 0 atom stereocenters. The first-order chi connectivity index (χ1) is 9.95. The van der Waals surface area contributed by atoms with Crippen molar-refractivity contribution in [2.75, 3.05) is 5.32 Å². The highest BCUT2D eigenvalue weighted by Gasteiger charge is 2.09. The van der Waals surface area contributed by atoms with E-state index in [-0.39, 0.29) is 11.9 Å². The van der Waals surface area contributed by atoms with Crippen LogP contribution in [0, 0.1) is 0 Å². The van der Waals surface area contributed by atoms with Crippen LogP contribution in [0.4, 0.5) is 11.4 Å². The van der Waals surface area contributed by atoms with E-state index in [1.54, 1.807) is 36.5 Å². The van der Waals surface area contributed by atoms with Crippen molar-refractivity contribution in [2.24, 2.45) is 0 Å². The lowest BCUT2D eigenvalue weighted by molar-refractivity contribution is 0.0938. The van der Waals surface area contributed by atoms with E-state index < -0.39 is 0 Å². The molecule has 2 rings (SSSR count). The van der Waals surface area contributed by atoms with Gasteiger partial charge in [-0.2, -0.15) is 0 Å². The number of nitrogens with zero attached hydrogens (tertiary/aromatic N) is 1. The Labute approximate surface area is 133 Å². The highest BCUT2D eigenvalue weighted by molar-refractivity contribution is 6.36. The van der Waals surface area contributed by atoms with Gasteiger partial charge in [0.1, 0.15) is 5.69 Å². The quantitative estimate of drug-likeness (QED) is 0.883. The number of rotatable bonds is 4. The third-order valence-electron chi connectivity index (χ3n) is 2.62. The average Bonchev–Trinajstić information content (AvgIpc) is 2.41. The van der Waals surface area contributed by atoms with Crippen LogP contribution < -0.4 is 10.6 Å². The summed E-state index contributed by atoms with van der Waals surface area (Å²) in [6.45, 7) is 3.79. The van der Waals surface area contributed by atoms with Crippen LogP contribution in [-0.2, 0) is 0 Å². The van der Waals surface area contributed by atoms with E-state index >= 15 is 0 Å². The van der Waals surface area contributed by atoms with Crippen molar-refractivity contribution in [3.63, 3.8) is 0 Å². The fraction of sp³-hybridized carbons (Fsp3) is 0.200. The van der Waals surface area contributed by atoms with E-state index in [4.69, 9.17) is 23.2 Å². The largest absolute Gasteiger partial charge is 0.354 e. The van der Waals surface area contributed by atoms with Gasteiger partial charge in [-0.05, 0) is 44.2 Å². The molecule has 0 saturated carbocycles. The van der Waals surface area contributed by atoms with E-state index in [2.05, 4.69) is 15.6 Å². The lowest BCUT2D eigenvalue weighted by atomic mass is 10.2. The van der Waals surface area contributed by atoms with Gasteiger partial charge in [-0.3, -0.25) is 9.78 Å². The van der Waals surface area contributed by atoms with Gasteiger partial charge in [0, 0.05) is 22.9 Å². The number of amides is 1. The number of halogens is 2. The molecule has 0 aliphatic carbocycles. The molecule has 0 bridgehead atoms. The smallest absolute Gasteiger partial charge is 0.270 e. The number of hydrogen-bond donors (Lipinski definition) is 2. The van der Waals surface area contributed by atoms with Crippen LogP contribution >= 0.6 is 23.2 Å². The van der Waals surface area contributed by atoms with Gasteiger partial charge < -0.3 is 10.6 Å². The number of pyridine rings is 1. The summed E-state index contributed by atoms with van der Waals surface area (Å²) in [6, 6.07) is 8.66. The molecular formula is C15H15Cl2N3O. The Bertz CT molecular complexity index is 659. The molecule has 0 saturated heterocycles. The molecule has 0 fully saturated rings. The van der Waals surface area contributed by atoms with E-state index in [0.29, 0.717) is 21.4 Å². The summed E-state index contributed by atoms with van der Waals surface area (Å²) in [5.74, 6) is -0.212. The number of nitrogens with one attached hydrogen (secondary N) is 2. The first-order valence-electron chi connectivity index (χ1n) is 6.44. The van der Waals surface area contributed by atoms with Crippen LogP contribution in [0.25, 0.3) is 0 Å². The number of carbonyl (C=O) groups excluding carboxylic acids is 1. The summed E-state index contributed by atoms with van der Waals surface area (Å²) < 4.78 is 0. The summed E-state index contributed by atoms with van der Waals surface area (Å²) in [4.78, 5) is 16.0. The molecule has 1 aromatic heterocycles. The standard InChI is InChI=1S/C15H15Cl2N3O/c1-9(2)19-15(21)14-8-11(5-6-18-14)20-13-4-3-10(16)7-12(13)17/h3-9H,1-2H3,(H,18,20)(H,19,21). The maximum absolute atomic E-state index is 11.9. The van der Waals surface area contributed by atoms with Crippen LogP contribution in [0.15, 0.2) is 36.5 Å². The van der Waals surface area contributed by atoms with E-state index in [0.717, 1.165) is 5.69 Å². The summed E-state index contributed by atoms with van der Waals surface area (Å²) in [7, 11) is 0. The predicted octanol–water partition coefficient (Wildman–Crippen LogP) is 4.27. The van der Waals surface area contributed by atoms with Gasteiger partial charge in [0.15, 0.2) is 0 Å². The number of hydrogen-bond acceptors (Lipinski definition) is 3. The van der Waals surface area contributed by atoms with Gasteiger partial charge in [0.2, 0.25) is 0 Å². The molecular weight excluding hydrogens is 309 g/mol. The Morgan fingerprint density at radius 2 is 1.95 bits per heavy atom. The lowest BCUT2D eigenvalue weighted by Gasteiger charge is -2.11. The van der Waals surface area contributed by atoms with Gasteiger partial charge in [-0.25, -0.2) is 0 Å². The van der Waals surface area contributed by atoms with Crippen LogP contribution in [0.2, 0.25) is 10.0 Å². The summed E-state index contributed by atoms with van der Waals surface area (Å²) in [5, 5.41) is 7.01. The number of anilines is 2. The highest BCUT2D eigenvalue weighted by atomic mass is 35.5. The fourth-order valence-corrected chi connectivity index (χ4v) is 2.17. The minimum Gasteiger partial charge on any atom is -0.354 e. The van der Waals surface area contributed by atoms with Crippen molar-refractivity contribution in [1.82, 2.24) is 10.3 Å². The second kappa shape index (κ2) is 6.78. The summed E-state index contributed by atoms with van der Waals surface area (Å²) in [5.41, 5.74) is 1.78. The van der Waals surface area contributed by atoms with Gasteiger partial charge in [0.25, 0.3) is 5.91 Å². The van der Waals surface area contributed by atoms with Crippen LogP contribution in [0.1, 0.15) is 24.3 Å². The molecule has 1 amide bonds. The molecule has 4 nitrogen and oxygen atoms in total. The third kappa shape index (κ3) is 4.34. The Morgan fingerprint density at radius 1 is 1.19 bits per heavy atom. The first-order valence-corrected chi connectivity index (χ1v) is 7.20. The molecule has 1 heterocycles. The van der Waals surface area contributed by atoms with Crippen molar-refractivity contribution in [2.45, 2.75) is 19.9 Å². The molecule has 0 aliphatic heterocycles. The summed E-state index contributed by atoms with van der Waals surface area (Å²) in [6.07, 6.45) is 1.57. The van der Waals surface area contributed by atoms with E-state index in [1.165, 1.54) is 0 Å². The maximum Gasteiger partial charge on any atom is 0.270 e. The zero-order valence-electron chi connectivity index (χ0n) is 11.7. The summed E-state index contributed by atoms with van der Waals surface area (Å²) >= 11 is 12.0. The monoisotopic (exact) mass is 323 g/mol. The van der Waals surface area contributed by atoms with Crippen molar-refractivity contribution in [3.8, 4) is 0 Å². The minimum absolute atomic E-state index is 0.0571. The van der Waals surface area contributed by atoms with Crippen LogP contribution in [-0.4, -0.2) is 16.9 Å². The maximum atomic E-state index is 11.9. The van der Waals surface area contributed by atoms with Crippen LogP contribution in [0.5, 0.6) is 0 Å². The Morgan fingerprint density at radius 3 is 2.62 bits per heavy atom. The molecule has 0 aliphatic rings. The van der Waals surface area contributed by atoms with Crippen molar-refractivity contribution in [3.05, 3.63) is 52.3 Å². The molecule has 21 heavy (non-hydrogen) atoms. The third-order valence-corrected chi connectivity index (χ3v) is 3.17. The molecule has 0 unspecified atom stereocenters. The Kier molecular flexibility index (Phi) is 5.04. The van der Waals surface area contributed by atoms with Gasteiger partial charge in [0.05, 0.1) is 10.7 Å². The molecule has 110 valence electrons. The lowest BCUT2D eigenvalue weighted by Crippen LogP contribution is -2.30. The minimum atomic E-state index is -0.212. The average molecular weight is 324 g/mol. The SMILES string of the molecule is CC(C)NC(=O)c1cc(Nc2ccc(Cl)cc2Cl)ccn1. The number of aromatic nitrogens is 1. The van der Waals surface area contributed by atoms with Crippen molar-refractivity contribution < 1.29 is 4.79 Å². The van der Waals surface area contributed by atoms with Gasteiger partial charge >= 0.3 is 0 Å². The molecule has 0 radical (unpaired) electrons. The molecule has 2 N–H and O–H groups in total. The molecule has 0 spiro atoms. The molecule has 2 aromatic rings. The van der Waals surface area contributed by atoms with E-state index in [9.17, 15) is 4.79 Å². The van der Waals surface area contributed by atoms with Gasteiger partial charge in [-0.1, -0.05) is 23.2 Å². The zero-order valence-corrected chi connectivity index (χ0v) is 13.2. The second-order valence-corrected chi connectivity index (χ2v) is 5.65. The highest BCUT2D eigenvalue weighted by Crippen LogP contribution is 2.28.